The van der Waals surface area contributed by atoms with Crippen molar-refractivity contribution in [3.63, 3.8) is 0 Å². The monoisotopic (exact) mass is 691 g/mol. The first-order chi connectivity index (χ1) is 21.9. The van der Waals surface area contributed by atoms with E-state index in [2.05, 4.69) is 10.0 Å². The molecule has 12 nitrogen and oxygen atoms in total. The summed E-state index contributed by atoms with van der Waals surface area (Å²) in [5.41, 5.74) is 1.03. The van der Waals surface area contributed by atoms with Crippen LogP contribution in [-0.4, -0.2) is 60.9 Å². The largest absolute Gasteiger partial charge is 0.493 e. The molecule has 46 heavy (non-hydrogen) atoms. The van der Waals surface area contributed by atoms with Gasteiger partial charge in [-0.25, -0.2) is 21.6 Å². The minimum atomic E-state index is -4.08. The normalized spacial score (nSPS) is 16.3. The lowest BCUT2D eigenvalue weighted by Crippen LogP contribution is -2.48. The lowest BCUT2D eigenvalue weighted by atomic mass is 10.0. The zero-order valence-corrected chi connectivity index (χ0v) is 27.3. The third-order valence-electron chi connectivity index (χ3n) is 7.19. The maximum Gasteiger partial charge on any atom is 0.341 e. The van der Waals surface area contributed by atoms with E-state index in [-0.39, 0.29) is 34.9 Å². The number of hydrogen-bond acceptors (Lipinski definition) is 9. The SMILES string of the molecule is COC(=O)c1ccccc1OCCCCCNC(=O)C(Cc1ccc(C2CC(=O)NS2(=O)=O)c(Cl)c1)NS(=O)(=O)c1ccccc1. The van der Waals surface area contributed by atoms with Crippen molar-refractivity contribution in [3.8, 4) is 5.75 Å². The number of unbranched alkanes of at least 4 members (excludes halogenated alkanes) is 2. The summed E-state index contributed by atoms with van der Waals surface area (Å²) in [4.78, 5) is 36.9. The summed E-state index contributed by atoms with van der Waals surface area (Å²) in [7, 11) is -6.70. The van der Waals surface area contributed by atoms with Gasteiger partial charge in [0.2, 0.25) is 31.9 Å². The van der Waals surface area contributed by atoms with Gasteiger partial charge in [-0.15, -0.1) is 0 Å². The van der Waals surface area contributed by atoms with Crippen LogP contribution >= 0.6 is 11.6 Å². The number of carbonyl (C=O) groups excluding carboxylic acids is 3. The Kier molecular flexibility index (Phi) is 11.8. The van der Waals surface area contributed by atoms with E-state index in [4.69, 9.17) is 21.1 Å². The summed E-state index contributed by atoms with van der Waals surface area (Å²) in [5.74, 6) is -1.27. The zero-order valence-electron chi connectivity index (χ0n) is 24.9. The van der Waals surface area contributed by atoms with Crippen LogP contribution in [0.25, 0.3) is 0 Å². The molecule has 15 heteroatoms. The molecule has 0 spiro atoms. The van der Waals surface area contributed by atoms with Gasteiger partial charge in [0, 0.05) is 11.6 Å². The smallest absolute Gasteiger partial charge is 0.341 e. The number of halogens is 1. The van der Waals surface area contributed by atoms with Crippen LogP contribution in [0.15, 0.2) is 77.7 Å². The topological polar surface area (TPSA) is 174 Å². The number of methoxy groups -OCH3 is 1. The molecule has 2 amide bonds. The fourth-order valence-corrected chi connectivity index (χ4v) is 7.93. The Bertz CT molecular complexity index is 1790. The molecule has 1 heterocycles. The van der Waals surface area contributed by atoms with E-state index in [9.17, 15) is 31.2 Å². The molecule has 1 aliphatic rings. The highest BCUT2D eigenvalue weighted by Crippen LogP contribution is 2.35. The van der Waals surface area contributed by atoms with Gasteiger partial charge in [-0.3, -0.25) is 14.3 Å². The Hall–Kier alpha value is -3.98. The lowest BCUT2D eigenvalue weighted by Gasteiger charge is -2.20. The Balaban J connectivity index is 1.37. The van der Waals surface area contributed by atoms with Crippen LogP contribution in [0.1, 0.15) is 52.4 Å². The number of esters is 1. The van der Waals surface area contributed by atoms with Gasteiger partial charge in [0.25, 0.3) is 0 Å². The molecule has 0 saturated carbocycles. The fraction of sp³-hybridized carbons (Fsp3) is 0.323. The van der Waals surface area contributed by atoms with Crippen molar-refractivity contribution in [2.24, 2.45) is 0 Å². The van der Waals surface area contributed by atoms with E-state index >= 15 is 0 Å². The van der Waals surface area contributed by atoms with Crippen LogP contribution < -0.4 is 19.5 Å². The molecule has 3 aromatic carbocycles. The van der Waals surface area contributed by atoms with Gasteiger partial charge in [0.1, 0.15) is 22.6 Å². The summed E-state index contributed by atoms with van der Waals surface area (Å²) >= 11 is 6.42. The van der Waals surface area contributed by atoms with Crippen LogP contribution in [0.4, 0.5) is 0 Å². The molecular weight excluding hydrogens is 658 g/mol. The third kappa shape index (κ3) is 9.06. The maximum absolute atomic E-state index is 13.3. The van der Waals surface area contributed by atoms with Crippen molar-refractivity contribution in [2.45, 2.75) is 48.3 Å². The molecule has 0 aromatic heterocycles. The van der Waals surface area contributed by atoms with E-state index < -0.39 is 49.1 Å². The first kappa shape index (κ1) is 34.9. The number of benzene rings is 3. The number of ether oxygens (including phenoxy) is 2. The number of sulfonamides is 2. The second-order valence-electron chi connectivity index (χ2n) is 10.5. The molecule has 2 atom stereocenters. The molecule has 0 bridgehead atoms. The van der Waals surface area contributed by atoms with Gasteiger partial charge in [0.15, 0.2) is 0 Å². The predicted molar refractivity (Wildman–Crippen MR) is 170 cm³/mol. The number of rotatable bonds is 15. The fourth-order valence-electron chi connectivity index (χ4n) is 4.86. The second-order valence-corrected chi connectivity index (χ2v) is 14.5. The molecule has 1 saturated heterocycles. The number of carbonyl (C=O) groups is 3. The average Bonchev–Trinajstić information content (AvgIpc) is 3.31. The summed E-state index contributed by atoms with van der Waals surface area (Å²) < 4.78 is 65.8. The van der Waals surface area contributed by atoms with Gasteiger partial charge in [0.05, 0.1) is 25.0 Å². The predicted octanol–water partition coefficient (Wildman–Crippen LogP) is 3.27. The van der Waals surface area contributed by atoms with Crippen LogP contribution in [0, 0.1) is 0 Å². The molecule has 0 radical (unpaired) electrons. The minimum absolute atomic E-state index is 0.0152. The Labute approximate surface area is 272 Å². The van der Waals surface area contributed by atoms with Crippen molar-refractivity contribution in [1.29, 1.82) is 0 Å². The second kappa shape index (κ2) is 15.5. The number of nitrogens with one attached hydrogen (secondary N) is 3. The molecule has 1 fully saturated rings. The van der Waals surface area contributed by atoms with Gasteiger partial charge < -0.3 is 14.8 Å². The number of amides is 2. The van der Waals surface area contributed by atoms with Crippen molar-refractivity contribution < 1.29 is 40.7 Å². The molecular formula is C31H34ClN3O9S2. The Morgan fingerprint density at radius 3 is 2.41 bits per heavy atom. The lowest BCUT2D eigenvalue weighted by molar-refractivity contribution is -0.122. The van der Waals surface area contributed by atoms with E-state index in [1.807, 2.05) is 4.72 Å². The standard InChI is InChI=1S/C31H34ClN3O9S2/c1-43-31(38)24-12-6-7-13-27(24)44-17-9-3-8-16-33-30(37)26(34-45(39,40)22-10-4-2-5-11-22)19-21-14-15-23(25(32)18-21)28-20-29(36)35-46(28,41)42/h2,4-7,10-15,18,26,28,34H,3,8-9,16-17,19-20H2,1H3,(H,33,37)(H,35,36). The number of para-hydroxylation sites is 1. The van der Waals surface area contributed by atoms with E-state index in [1.165, 1.54) is 31.4 Å². The van der Waals surface area contributed by atoms with Gasteiger partial charge >= 0.3 is 5.97 Å². The first-order valence-corrected chi connectivity index (χ1v) is 17.8. The quantitative estimate of drug-likeness (QED) is 0.160. The molecule has 246 valence electrons. The summed E-state index contributed by atoms with van der Waals surface area (Å²) in [6, 6.07) is 17.6. The highest BCUT2D eigenvalue weighted by molar-refractivity contribution is 7.90. The maximum atomic E-state index is 13.3. The molecule has 3 aromatic rings. The van der Waals surface area contributed by atoms with Crippen LogP contribution in [0.2, 0.25) is 5.02 Å². The first-order valence-electron chi connectivity index (χ1n) is 14.4. The van der Waals surface area contributed by atoms with Gasteiger partial charge in [-0.05, 0) is 67.1 Å². The van der Waals surface area contributed by atoms with Crippen molar-refractivity contribution in [3.05, 3.63) is 94.5 Å². The van der Waals surface area contributed by atoms with E-state index in [1.54, 1.807) is 48.5 Å². The molecule has 0 aliphatic carbocycles. The molecule has 2 unspecified atom stereocenters. The van der Waals surface area contributed by atoms with Gasteiger partial charge in [-0.1, -0.05) is 54.1 Å². The van der Waals surface area contributed by atoms with Crippen LogP contribution in [0.5, 0.6) is 5.75 Å². The minimum Gasteiger partial charge on any atom is -0.493 e. The van der Waals surface area contributed by atoms with Crippen molar-refractivity contribution in [1.82, 2.24) is 14.8 Å². The van der Waals surface area contributed by atoms with Crippen LogP contribution in [0.3, 0.4) is 0 Å². The molecule has 4 rings (SSSR count). The van der Waals surface area contributed by atoms with Crippen molar-refractivity contribution in [2.75, 3.05) is 20.3 Å². The third-order valence-corrected chi connectivity index (χ3v) is 10.7. The highest BCUT2D eigenvalue weighted by Gasteiger charge is 2.39. The highest BCUT2D eigenvalue weighted by atomic mass is 35.5. The van der Waals surface area contributed by atoms with E-state index in [0.29, 0.717) is 42.7 Å². The Morgan fingerprint density at radius 2 is 1.74 bits per heavy atom. The summed E-state index contributed by atoms with van der Waals surface area (Å²) in [6.07, 6.45) is 1.54. The zero-order chi connectivity index (χ0) is 33.3. The average molecular weight is 692 g/mol. The summed E-state index contributed by atoms with van der Waals surface area (Å²) in [6.45, 7) is 0.603. The van der Waals surface area contributed by atoms with E-state index in [0.717, 1.165) is 0 Å². The molecule has 1 aliphatic heterocycles. The molecule has 3 N–H and O–H groups in total. The van der Waals surface area contributed by atoms with Crippen LogP contribution in [-0.2, 0) is 40.8 Å². The van der Waals surface area contributed by atoms with Crippen molar-refractivity contribution >= 4 is 49.4 Å². The summed E-state index contributed by atoms with van der Waals surface area (Å²) in [5, 5.41) is 1.70. The number of hydrogen-bond donors (Lipinski definition) is 3. The Morgan fingerprint density at radius 1 is 1.02 bits per heavy atom. The van der Waals surface area contributed by atoms with Gasteiger partial charge in [-0.2, -0.15) is 4.72 Å².